The van der Waals surface area contributed by atoms with Crippen molar-refractivity contribution >= 4 is 61.4 Å². The standard InChI is InChI=1S/C31H21N3/c1-3-21-22-11-5-6-14-25(22)31-32-26-19-20(17-18-30(26)34(31)27(21)4-2)33-28-15-9-7-12-23(28)24-13-8-10-16-29(24)33/h3-19H,1-2H2. The maximum absolute atomic E-state index is 5.13. The molecule has 0 aliphatic rings. The molecule has 0 saturated heterocycles. The van der Waals surface area contributed by atoms with Crippen molar-refractivity contribution in [2.24, 2.45) is 0 Å². The van der Waals surface area contributed by atoms with Gasteiger partial charge in [-0.25, -0.2) is 4.98 Å². The molecule has 3 nitrogen and oxygen atoms in total. The molecule has 0 amide bonds. The van der Waals surface area contributed by atoms with Gasteiger partial charge in [0.2, 0.25) is 0 Å². The van der Waals surface area contributed by atoms with Gasteiger partial charge in [0, 0.05) is 27.4 Å². The summed E-state index contributed by atoms with van der Waals surface area (Å²) in [4.78, 5) is 5.13. The van der Waals surface area contributed by atoms with Crippen LogP contribution in [0, 0.1) is 0 Å². The van der Waals surface area contributed by atoms with Gasteiger partial charge in [0.25, 0.3) is 0 Å². The van der Waals surface area contributed by atoms with Crippen LogP contribution in [-0.2, 0) is 0 Å². The second kappa shape index (κ2) is 6.93. The van der Waals surface area contributed by atoms with Gasteiger partial charge in [-0.3, -0.25) is 4.40 Å². The number of hydrogen-bond acceptors (Lipinski definition) is 1. The molecule has 0 spiro atoms. The van der Waals surface area contributed by atoms with E-state index in [2.05, 4.69) is 113 Å². The summed E-state index contributed by atoms with van der Waals surface area (Å²) in [6.07, 6.45) is 3.82. The first-order valence-corrected chi connectivity index (χ1v) is 11.4. The van der Waals surface area contributed by atoms with E-state index in [9.17, 15) is 0 Å². The molecule has 7 aromatic rings. The Hall–Kier alpha value is -4.63. The Morgan fingerprint density at radius 3 is 1.88 bits per heavy atom. The number of rotatable bonds is 3. The topological polar surface area (TPSA) is 22.2 Å². The summed E-state index contributed by atoms with van der Waals surface area (Å²) < 4.78 is 4.53. The average molecular weight is 436 g/mol. The van der Waals surface area contributed by atoms with E-state index in [0.717, 1.165) is 44.4 Å². The number of pyridine rings is 1. The predicted molar refractivity (Wildman–Crippen MR) is 145 cm³/mol. The van der Waals surface area contributed by atoms with E-state index in [4.69, 9.17) is 4.98 Å². The summed E-state index contributed by atoms with van der Waals surface area (Å²) in [5.41, 5.74) is 8.51. The van der Waals surface area contributed by atoms with Crippen LogP contribution < -0.4 is 0 Å². The number of aromatic nitrogens is 3. The lowest BCUT2D eigenvalue weighted by molar-refractivity contribution is 1.18. The van der Waals surface area contributed by atoms with Crippen LogP contribution in [-0.4, -0.2) is 14.0 Å². The molecule has 160 valence electrons. The molecule has 0 unspecified atom stereocenters. The first-order chi connectivity index (χ1) is 16.8. The fraction of sp³-hybridized carbons (Fsp3) is 0. The molecule has 34 heavy (non-hydrogen) atoms. The molecule has 3 heteroatoms. The number of nitrogens with zero attached hydrogens (tertiary/aromatic N) is 3. The molecule has 0 saturated carbocycles. The second-order valence-electron chi connectivity index (χ2n) is 8.57. The molecule has 4 aromatic carbocycles. The minimum absolute atomic E-state index is 0.936. The molecule has 0 radical (unpaired) electrons. The van der Waals surface area contributed by atoms with Gasteiger partial charge in [-0.1, -0.05) is 79.9 Å². The van der Waals surface area contributed by atoms with Crippen LogP contribution in [0.5, 0.6) is 0 Å². The highest BCUT2D eigenvalue weighted by Gasteiger charge is 2.17. The molecule has 0 atom stereocenters. The molecule has 0 fully saturated rings. The Morgan fingerprint density at radius 2 is 1.24 bits per heavy atom. The third-order valence-electron chi connectivity index (χ3n) is 6.85. The fourth-order valence-corrected chi connectivity index (χ4v) is 5.42. The van der Waals surface area contributed by atoms with Gasteiger partial charge in [-0.2, -0.15) is 0 Å². The van der Waals surface area contributed by atoms with Crippen LogP contribution in [0.4, 0.5) is 0 Å². The van der Waals surface area contributed by atoms with Crippen LogP contribution in [0.3, 0.4) is 0 Å². The van der Waals surface area contributed by atoms with Crippen molar-refractivity contribution in [3.8, 4) is 5.69 Å². The number of benzene rings is 4. The van der Waals surface area contributed by atoms with E-state index in [-0.39, 0.29) is 0 Å². The van der Waals surface area contributed by atoms with Gasteiger partial charge >= 0.3 is 0 Å². The van der Waals surface area contributed by atoms with Gasteiger partial charge in [0.05, 0.1) is 27.8 Å². The minimum Gasteiger partial charge on any atom is -0.309 e. The van der Waals surface area contributed by atoms with Gasteiger partial charge in [0.1, 0.15) is 5.65 Å². The molecule has 3 aromatic heterocycles. The van der Waals surface area contributed by atoms with E-state index < -0.39 is 0 Å². The number of imidazole rings is 1. The predicted octanol–water partition coefficient (Wildman–Crippen LogP) is 8.02. The zero-order valence-corrected chi connectivity index (χ0v) is 18.6. The van der Waals surface area contributed by atoms with Crippen LogP contribution >= 0.6 is 0 Å². The van der Waals surface area contributed by atoms with Gasteiger partial charge in [-0.15, -0.1) is 0 Å². The van der Waals surface area contributed by atoms with Crippen molar-refractivity contribution in [3.63, 3.8) is 0 Å². The van der Waals surface area contributed by atoms with Gasteiger partial charge in [0.15, 0.2) is 0 Å². The smallest absolute Gasteiger partial charge is 0.146 e. The van der Waals surface area contributed by atoms with Gasteiger partial charge < -0.3 is 4.57 Å². The molecule has 0 bridgehead atoms. The number of para-hydroxylation sites is 2. The van der Waals surface area contributed by atoms with Gasteiger partial charge in [-0.05, 0) is 41.8 Å². The number of hydrogen-bond donors (Lipinski definition) is 0. The SMILES string of the molecule is C=Cc1c(C=C)n2c3ccc(-n4c5ccccc5c5ccccc54)cc3nc2c2ccccc12. The second-order valence-corrected chi connectivity index (χ2v) is 8.57. The maximum Gasteiger partial charge on any atom is 0.146 e. The Kier molecular flexibility index (Phi) is 3.85. The maximum atomic E-state index is 5.13. The molecule has 0 N–H and O–H groups in total. The first kappa shape index (κ1) is 18.9. The van der Waals surface area contributed by atoms with Crippen LogP contribution in [0.2, 0.25) is 0 Å². The molecule has 7 rings (SSSR count). The largest absolute Gasteiger partial charge is 0.309 e. The fourth-order valence-electron chi connectivity index (χ4n) is 5.42. The monoisotopic (exact) mass is 435 g/mol. The molecule has 0 aliphatic heterocycles. The Labute approximate surface area is 196 Å². The Balaban J connectivity index is 1.61. The van der Waals surface area contributed by atoms with Crippen LogP contribution in [0.25, 0.3) is 67.1 Å². The average Bonchev–Trinajstić information content (AvgIpc) is 3.43. The van der Waals surface area contributed by atoms with Crippen molar-refractivity contribution < 1.29 is 0 Å². The Morgan fingerprint density at radius 1 is 0.618 bits per heavy atom. The molecule has 0 aliphatic carbocycles. The van der Waals surface area contributed by atoms with E-state index in [1.54, 1.807) is 0 Å². The minimum atomic E-state index is 0.936. The van der Waals surface area contributed by atoms with Crippen molar-refractivity contribution in [2.75, 3.05) is 0 Å². The van der Waals surface area contributed by atoms with E-state index in [1.807, 2.05) is 12.2 Å². The third kappa shape index (κ3) is 2.38. The Bertz CT molecular complexity index is 1900. The molecular weight excluding hydrogens is 414 g/mol. The summed E-state index contributed by atoms with van der Waals surface area (Å²) in [5, 5.41) is 4.75. The summed E-state index contributed by atoms with van der Waals surface area (Å²) in [6, 6.07) is 32.1. The molecule has 3 heterocycles. The third-order valence-corrected chi connectivity index (χ3v) is 6.85. The lowest BCUT2D eigenvalue weighted by Gasteiger charge is -2.12. The lowest BCUT2D eigenvalue weighted by Crippen LogP contribution is -1.97. The summed E-state index contributed by atoms with van der Waals surface area (Å²) in [7, 11) is 0. The zero-order chi connectivity index (χ0) is 22.8. The van der Waals surface area contributed by atoms with E-state index in [1.165, 1.54) is 21.8 Å². The highest BCUT2D eigenvalue weighted by atomic mass is 15.0. The quantitative estimate of drug-likeness (QED) is 0.275. The highest BCUT2D eigenvalue weighted by Crippen LogP contribution is 2.35. The summed E-state index contributed by atoms with van der Waals surface area (Å²) in [5.74, 6) is 0. The van der Waals surface area contributed by atoms with Crippen molar-refractivity contribution in [2.45, 2.75) is 0 Å². The first-order valence-electron chi connectivity index (χ1n) is 11.4. The van der Waals surface area contributed by atoms with Crippen molar-refractivity contribution in [1.29, 1.82) is 0 Å². The summed E-state index contributed by atoms with van der Waals surface area (Å²) >= 11 is 0. The van der Waals surface area contributed by atoms with E-state index in [0.29, 0.717) is 0 Å². The van der Waals surface area contributed by atoms with Crippen molar-refractivity contribution in [3.05, 3.63) is 115 Å². The lowest BCUT2D eigenvalue weighted by atomic mass is 10.0. The van der Waals surface area contributed by atoms with Crippen LogP contribution in [0.15, 0.2) is 104 Å². The van der Waals surface area contributed by atoms with E-state index >= 15 is 0 Å². The number of fused-ring (bicyclic) bond motifs is 8. The highest BCUT2D eigenvalue weighted by molar-refractivity contribution is 6.09. The zero-order valence-electron chi connectivity index (χ0n) is 18.6. The molecular formula is C31H21N3. The normalized spacial score (nSPS) is 11.8. The summed E-state index contributed by atoms with van der Waals surface area (Å²) in [6.45, 7) is 8.19. The van der Waals surface area contributed by atoms with Crippen LogP contribution in [0.1, 0.15) is 11.3 Å². The van der Waals surface area contributed by atoms with Crippen molar-refractivity contribution in [1.82, 2.24) is 14.0 Å².